The molecule has 0 aromatic rings. The van der Waals surface area contributed by atoms with Crippen LogP contribution in [0.5, 0.6) is 0 Å². The molecule has 15 heteroatoms. The number of phosphoric ester groups is 1. The summed E-state index contributed by atoms with van der Waals surface area (Å²) in [5.41, 5.74) is 0. The van der Waals surface area contributed by atoms with E-state index in [4.69, 9.17) is 18.5 Å². The lowest BCUT2D eigenvalue weighted by molar-refractivity contribution is -0.220. The first kappa shape index (κ1) is 57.3. The quantitative estimate of drug-likeness (QED) is 0.0105. The highest BCUT2D eigenvalue weighted by Gasteiger charge is 2.51. The first-order chi connectivity index (χ1) is 29.8. The Morgan fingerprint density at radius 3 is 1.68 bits per heavy atom. The van der Waals surface area contributed by atoms with Gasteiger partial charge in [-0.15, -0.1) is 0 Å². The second kappa shape index (κ2) is 36.6. The molecule has 9 atom stereocenters. The van der Waals surface area contributed by atoms with Gasteiger partial charge in [0.2, 0.25) is 0 Å². The minimum Gasteiger partial charge on any atom is -0.462 e. The van der Waals surface area contributed by atoms with Crippen molar-refractivity contribution in [3.63, 3.8) is 0 Å². The lowest BCUT2D eigenvalue weighted by atomic mass is 9.85. The Balaban J connectivity index is 2.53. The smallest absolute Gasteiger partial charge is 0.462 e. The number of hydrogen-bond donors (Lipinski definition) is 7. The van der Waals surface area contributed by atoms with Crippen LogP contribution >= 0.6 is 7.82 Å². The molecule has 62 heavy (non-hydrogen) atoms. The Morgan fingerprint density at radius 1 is 0.597 bits per heavy atom. The number of ether oxygens (including phenoxy) is 2. The van der Waals surface area contributed by atoms with Crippen LogP contribution in [0.4, 0.5) is 0 Å². The molecule has 0 radical (unpaired) electrons. The second-order valence-electron chi connectivity index (χ2n) is 15.7. The van der Waals surface area contributed by atoms with Crippen molar-refractivity contribution in [2.45, 2.75) is 198 Å². The fourth-order valence-electron chi connectivity index (χ4n) is 6.46. The number of allylic oxidation sites excluding steroid dienone is 10. The Bertz CT molecular complexity index is 1380. The average molecular weight is 899 g/mol. The van der Waals surface area contributed by atoms with Crippen molar-refractivity contribution >= 4 is 19.8 Å². The molecule has 1 rings (SSSR count). The van der Waals surface area contributed by atoms with E-state index in [1.54, 1.807) is 6.08 Å². The van der Waals surface area contributed by atoms with Gasteiger partial charge in [0.25, 0.3) is 0 Å². The summed E-state index contributed by atoms with van der Waals surface area (Å²) in [7, 11) is -5.14. The molecule has 356 valence electrons. The summed E-state index contributed by atoms with van der Waals surface area (Å²) in [5.74, 6) is -1.22. The number of aliphatic hydroxyl groups is 6. The van der Waals surface area contributed by atoms with Gasteiger partial charge in [0, 0.05) is 12.8 Å². The van der Waals surface area contributed by atoms with E-state index in [2.05, 4.69) is 26.0 Å². The highest BCUT2D eigenvalue weighted by molar-refractivity contribution is 7.47. The van der Waals surface area contributed by atoms with E-state index in [1.165, 1.54) is 51.4 Å². The predicted octanol–water partition coefficient (Wildman–Crippen LogP) is 7.69. The molecule has 1 aliphatic carbocycles. The fraction of sp³-hybridized carbons (Fsp3) is 0.702. The maximum absolute atomic E-state index is 12.8. The molecule has 0 heterocycles. The Labute approximate surface area is 370 Å². The van der Waals surface area contributed by atoms with Gasteiger partial charge in [-0.05, 0) is 44.9 Å². The monoisotopic (exact) mass is 899 g/mol. The molecule has 7 N–H and O–H groups in total. The summed E-state index contributed by atoms with van der Waals surface area (Å²) in [6, 6.07) is 0. The number of aliphatic hydroxyl groups excluding tert-OH is 6. The Hall–Kier alpha value is -2.75. The molecular weight excluding hydrogens is 819 g/mol. The van der Waals surface area contributed by atoms with Crippen LogP contribution < -0.4 is 0 Å². The maximum atomic E-state index is 12.8. The molecule has 0 bridgehead atoms. The fourth-order valence-corrected chi connectivity index (χ4v) is 7.43. The number of carbonyl (C=O) groups excluding carboxylic acids is 2. The summed E-state index contributed by atoms with van der Waals surface area (Å²) in [4.78, 5) is 35.6. The lowest BCUT2D eigenvalue weighted by Gasteiger charge is -2.41. The minimum absolute atomic E-state index is 0.0244. The molecule has 1 fully saturated rings. The summed E-state index contributed by atoms with van der Waals surface area (Å²) in [6.07, 6.45) is 28.7. The van der Waals surface area contributed by atoms with Gasteiger partial charge in [0.05, 0.1) is 12.7 Å². The number of hydrogen-bond acceptors (Lipinski definition) is 13. The largest absolute Gasteiger partial charge is 0.472 e. The Morgan fingerprint density at radius 2 is 1.11 bits per heavy atom. The highest BCUT2D eigenvalue weighted by atomic mass is 31.2. The topological polar surface area (TPSA) is 230 Å². The summed E-state index contributed by atoms with van der Waals surface area (Å²) < 4.78 is 33.4. The normalized spacial score (nSPS) is 23.0. The zero-order valence-corrected chi connectivity index (χ0v) is 38.1. The zero-order valence-electron chi connectivity index (χ0n) is 37.2. The summed E-state index contributed by atoms with van der Waals surface area (Å²) in [6.45, 7) is 3.01. The van der Waals surface area contributed by atoms with E-state index in [0.29, 0.717) is 25.7 Å². The number of phosphoric acid groups is 1. The average Bonchev–Trinajstić information content (AvgIpc) is 3.25. The third-order valence-electron chi connectivity index (χ3n) is 10.2. The van der Waals surface area contributed by atoms with Gasteiger partial charge in [-0.2, -0.15) is 0 Å². The molecule has 0 aliphatic heterocycles. The molecule has 14 nitrogen and oxygen atoms in total. The van der Waals surface area contributed by atoms with E-state index in [9.17, 15) is 49.7 Å². The molecule has 1 aliphatic rings. The van der Waals surface area contributed by atoms with Crippen LogP contribution in [0.3, 0.4) is 0 Å². The van der Waals surface area contributed by atoms with Crippen LogP contribution in [0.2, 0.25) is 0 Å². The van der Waals surface area contributed by atoms with Gasteiger partial charge >= 0.3 is 19.8 Å². The van der Waals surface area contributed by atoms with Crippen molar-refractivity contribution < 1.29 is 68.2 Å². The van der Waals surface area contributed by atoms with Crippen LogP contribution in [-0.2, 0) is 32.7 Å². The second-order valence-corrected chi connectivity index (χ2v) is 17.1. The van der Waals surface area contributed by atoms with E-state index in [1.807, 2.05) is 54.7 Å². The van der Waals surface area contributed by atoms with Gasteiger partial charge in [-0.25, -0.2) is 4.57 Å². The van der Waals surface area contributed by atoms with Crippen molar-refractivity contribution in [3.8, 4) is 0 Å². The van der Waals surface area contributed by atoms with E-state index >= 15 is 0 Å². The van der Waals surface area contributed by atoms with Crippen LogP contribution in [0.15, 0.2) is 72.9 Å². The van der Waals surface area contributed by atoms with Crippen LogP contribution in [0.25, 0.3) is 0 Å². The number of esters is 2. The van der Waals surface area contributed by atoms with Crippen molar-refractivity contribution in [1.82, 2.24) is 0 Å². The van der Waals surface area contributed by atoms with Gasteiger partial charge in [0.1, 0.15) is 43.2 Å². The molecule has 0 spiro atoms. The first-order valence-electron chi connectivity index (χ1n) is 22.8. The number of unbranched alkanes of at least 4 members (excludes halogenated alkanes) is 12. The minimum atomic E-state index is -5.14. The maximum Gasteiger partial charge on any atom is 0.472 e. The van der Waals surface area contributed by atoms with Gasteiger partial charge in [0.15, 0.2) is 6.10 Å². The first-order valence-corrected chi connectivity index (χ1v) is 24.3. The van der Waals surface area contributed by atoms with E-state index < -0.39 is 81.8 Å². The van der Waals surface area contributed by atoms with E-state index in [0.717, 1.165) is 44.9 Å². The van der Waals surface area contributed by atoms with Crippen molar-refractivity contribution in [2.75, 3.05) is 13.2 Å². The number of carbonyl (C=O) groups is 2. The summed E-state index contributed by atoms with van der Waals surface area (Å²) >= 11 is 0. The SMILES string of the molecule is CC/C=C\CC(O)/C=C/C=C/C/C=C\C/C=C\C/C=C\CCC(=O)OC[C@H](COP(=O)(O)OC1[C@H](O)[C@H](O)C(O)[C@H](O)[C@H]1O)OC(=O)CCCCCCCCCCCCCCC. The molecule has 0 amide bonds. The third kappa shape index (κ3) is 28.8. The highest BCUT2D eigenvalue weighted by Crippen LogP contribution is 2.47. The lowest BCUT2D eigenvalue weighted by Crippen LogP contribution is -2.64. The van der Waals surface area contributed by atoms with Gasteiger partial charge < -0.3 is 45.0 Å². The number of rotatable bonds is 36. The van der Waals surface area contributed by atoms with Crippen LogP contribution in [-0.4, -0.2) is 110 Å². The van der Waals surface area contributed by atoms with E-state index in [-0.39, 0.29) is 12.8 Å². The van der Waals surface area contributed by atoms with Crippen LogP contribution in [0.1, 0.15) is 149 Å². The summed E-state index contributed by atoms with van der Waals surface area (Å²) in [5, 5.41) is 59.9. The van der Waals surface area contributed by atoms with Gasteiger partial charge in [-0.3, -0.25) is 18.6 Å². The molecule has 0 aromatic carbocycles. The molecule has 4 unspecified atom stereocenters. The van der Waals surface area contributed by atoms with Gasteiger partial charge in [-0.1, -0.05) is 164 Å². The standard InChI is InChI=1S/C47H79O14P/c1-3-5-7-8-9-10-11-13-18-21-24-27-31-35-41(50)60-39(37-59-62(56,57)61-47-45(54)43(52)42(51)44(53)46(47)55)36-58-40(49)34-30-26-23-20-17-15-12-14-16-19-22-25-29-33-38(48)32-28-6-4-2/h6,14-17,22-23,25-26,28-29,33,38-39,42-48,51-55H,3-5,7-13,18-21,24,27,30-32,34-37H2,1-2H3,(H,56,57)/b16-14-,17-15-,25-22+,26-23-,28-6-,33-29+/t38?,39-,42?,43-,44+,45-,46-,47?/m1/s1. The van der Waals surface area contributed by atoms with Crippen molar-refractivity contribution in [1.29, 1.82) is 0 Å². The van der Waals surface area contributed by atoms with Crippen molar-refractivity contribution in [2.24, 2.45) is 0 Å². The molecular formula is C47H79O14P. The molecule has 1 saturated carbocycles. The molecule has 0 aromatic heterocycles. The predicted molar refractivity (Wildman–Crippen MR) is 241 cm³/mol. The Kier molecular flexibility index (Phi) is 33.8. The molecule has 0 saturated heterocycles. The van der Waals surface area contributed by atoms with Crippen LogP contribution in [0, 0.1) is 0 Å². The zero-order chi connectivity index (χ0) is 45.9. The third-order valence-corrected chi connectivity index (χ3v) is 11.1. The van der Waals surface area contributed by atoms with Crippen molar-refractivity contribution in [3.05, 3.63) is 72.9 Å².